The molecule has 0 aliphatic heterocycles. The minimum absolute atomic E-state index is 0.178. The van der Waals surface area contributed by atoms with Crippen molar-refractivity contribution >= 4 is 33.7 Å². The van der Waals surface area contributed by atoms with Crippen LogP contribution in [-0.2, 0) is 0 Å². The Kier molecular flexibility index (Phi) is 13.3. The Hall–Kier alpha value is -1.12. The van der Waals surface area contributed by atoms with E-state index in [4.69, 9.17) is 4.74 Å². The van der Waals surface area contributed by atoms with Gasteiger partial charge in [0.15, 0.2) is 0 Å². The van der Waals surface area contributed by atoms with Crippen molar-refractivity contribution < 1.29 is 22.0 Å². The number of para-hydroxylation sites is 2. The Morgan fingerprint density at radius 1 is 0.432 bits per heavy atom. The van der Waals surface area contributed by atoms with Crippen LogP contribution < -0.4 is 15.3 Å². The summed E-state index contributed by atoms with van der Waals surface area (Å²) < 4.78 is 46.2. The predicted molar refractivity (Wildman–Crippen MR) is 184 cm³/mol. The topological polar surface area (TPSA) is 9.23 Å². The first-order valence-corrected chi connectivity index (χ1v) is 20.6. The Labute approximate surface area is 266 Å². The van der Waals surface area contributed by atoms with Gasteiger partial charge in [-0.05, 0) is 86.1 Å². The highest BCUT2D eigenvalue weighted by molar-refractivity contribution is 7.67. The molecule has 4 aliphatic carbocycles. The monoisotopic (exact) mass is 649 g/mol. The molecular weight excluding hydrogens is 597 g/mol. The summed E-state index contributed by atoms with van der Waals surface area (Å²) in [7, 11) is -6.36. The van der Waals surface area contributed by atoms with Gasteiger partial charge >= 0.3 is 7.25 Å². The van der Waals surface area contributed by atoms with Gasteiger partial charge in [0.05, 0.1) is 0 Å². The molecule has 0 bridgehead atoms. The standard InChI is InChI=1S/C36H52OP2.BF4/c1-5-17-29(18-6-1)38(30-19-7-2-8-20-30)35-27-15-13-25-33(35)37-34-26-14-16-28-36(34)39(31-21-9-3-10-22-31)32-23-11-4-12-24-32;2-1(3,4)5/h13-16,25-32H,1-12,17-24H2;/q;-1. The molecule has 0 N–H and O–H groups in total. The van der Waals surface area contributed by atoms with E-state index in [1.807, 2.05) is 0 Å². The van der Waals surface area contributed by atoms with Crippen LogP contribution in [0.3, 0.4) is 0 Å². The largest absolute Gasteiger partial charge is 0.673 e. The van der Waals surface area contributed by atoms with Crippen molar-refractivity contribution in [3.05, 3.63) is 48.5 Å². The van der Waals surface area contributed by atoms with E-state index in [0.29, 0.717) is 0 Å². The van der Waals surface area contributed by atoms with Crippen molar-refractivity contribution in [2.24, 2.45) is 0 Å². The average Bonchev–Trinajstić information content (AvgIpc) is 3.04. The minimum atomic E-state index is -6.00. The van der Waals surface area contributed by atoms with Crippen molar-refractivity contribution in [3.63, 3.8) is 0 Å². The summed E-state index contributed by atoms with van der Waals surface area (Å²) in [6, 6.07) is 18.7. The highest BCUT2D eigenvalue weighted by Gasteiger charge is 2.36. The summed E-state index contributed by atoms with van der Waals surface area (Å²) in [5.41, 5.74) is 3.61. The first-order valence-electron chi connectivity index (χ1n) is 17.7. The molecule has 244 valence electrons. The second-order valence-electron chi connectivity index (χ2n) is 13.5. The minimum Gasteiger partial charge on any atom is -0.456 e. The number of hydrogen-bond donors (Lipinski definition) is 0. The van der Waals surface area contributed by atoms with Crippen LogP contribution in [0.2, 0.25) is 0 Å². The van der Waals surface area contributed by atoms with Crippen LogP contribution >= 0.6 is 15.8 Å². The smallest absolute Gasteiger partial charge is 0.456 e. The maximum atomic E-state index is 9.75. The second-order valence-corrected chi connectivity index (χ2v) is 19.0. The third-order valence-corrected chi connectivity index (χ3v) is 17.4. The van der Waals surface area contributed by atoms with Crippen molar-refractivity contribution in [1.29, 1.82) is 0 Å². The summed E-state index contributed by atoms with van der Waals surface area (Å²) >= 11 is 0. The van der Waals surface area contributed by atoms with Gasteiger partial charge in [-0.2, -0.15) is 0 Å². The van der Waals surface area contributed by atoms with Crippen LogP contribution in [-0.4, -0.2) is 29.9 Å². The van der Waals surface area contributed by atoms with E-state index in [1.165, 1.54) is 140 Å². The number of rotatable bonds is 8. The quantitative estimate of drug-likeness (QED) is 0.157. The van der Waals surface area contributed by atoms with Crippen LogP contribution in [0.5, 0.6) is 11.5 Å². The summed E-state index contributed by atoms with van der Waals surface area (Å²) in [6.45, 7) is 0. The Morgan fingerprint density at radius 3 is 0.955 bits per heavy atom. The molecule has 2 aromatic carbocycles. The molecule has 44 heavy (non-hydrogen) atoms. The zero-order chi connectivity index (χ0) is 30.8. The molecule has 0 radical (unpaired) electrons. The van der Waals surface area contributed by atoms with Gasteiger partial charge in [0.1, 0.15) is 11.5 Å². The molecule has 0 unspecified atom stereocenters. The number of ether oxygens (including phenoxy) is 1. The number of halogens is 4. The summed E-state index contributed by atoms with van der Waals surface area (Å²) in [5, 5.41) is 3.20. The lowest BCUT2D eigenvalue weighted by molar-refractivity contribution is 0.368. The van der Waals surface area contributed by atoms with E-state index in [0.717, 1.165) is 22.6 Å². The van der Waals surface area contributed by atoms with Gasteiger partial charge in [-0.25, -0.2) is 0 Å². The fourth-order valence-corrected chi connectivity index (χ4v) is 16.2. The number of benzene rings is 2. The zero-order valence-electron chi connectivity index (χ0n) is 26.5. The normalized spacial score (nSPS) is 21.7. The third-order valence-electron chi connectivity index (χ3n) is 10.4. The van der Waals surface area contributed by atoms with Crippen LogP contribution in [0.15, 0.2) is 48.5 Å². The predicted octanol–water partition coefficient (Wildman–Crippen LogP) is 12.3. The van der Waals surface area contributed by atoms with Gasteiger partial charge in [0, 0.05) is 10.6 Å². The second kappa shape index (κ2) is 17.2. The average molecular weight is 650 g/mol. The van der Waals surface area contributed by atoms with Gasteiger partial charge < -0.3 is 22.0 Å². The zero-order valence-corrected chi connectivity index (χ0v) is 28.3. The number of hydrogen-bond acceptors (Lipinski definition) is 1. The first kappa shape index (κ1) is 34.2. The molecule has 0 aromatic heterocycles. The van der Waals surface area contributed by atoms with Crippen molar-refractivity contribution in [3.8, 4) is 11.5 Å². The fraction of sp³-hybridized carbons (Fsp3) is 0.667. The van der Waals surface area contributed by atoms with Gasteiger partial charge in [0.25, 0.3) is 0 Å². The first-order chi connectivity index (χ1) is 21.4. The molecule has 4 fully saturated rings. The highest BCUT2D eigenvalue weighted by atomic mass is 31.1. The molecule has 0 saturated heterocycles. The van der Waals surface area contributed by atoms with Gasteiger partial charge in [-0.1, -0.05) is 129 Å². The molecular formula is C36H52BF4OP2-. The molecule has 8 heteroatoms. The van der Waals surface area contributed by atoms with E-state index in [2.05, 4.69) is 48.5 Å². The SMILES string of the molecule is F[B-](F)(F)F.c1ccc(P(C2CCCCC2)C2CCCCC2)c(Oc2ccccc2P(C2CCCCC2)C2CCCCC2)c1. The Bertz CT molecular complexity index is 1000. The van der Waals surface area contributed by atoms with E-state index < -0.39 is 7.25 Å². The van der Waals surface area contributed by atoms with E-state index in [-0.39, 0.29) is 15.8 Å². The molecule has 0 heterocycles. The summed E-state index contributed by atoms with van der Waals surface area (Å²) in [6.07, 6.45) is 28.9. The molecule has 6 rings (SSSR count). The van der Waals surface area contributed by atoms with Gasteiger partial charge in [-0.3, -0.25) is 0 Å². The summed E-state index contributed by atoms with van der Waals surface area (Å²) in [4.78, 5) is 0. The van der Waals surface area contributed by atoms with Crippen LogP contribution in [0.25, 0.3) is 0 Å². The van der Waals surface area contributed by atoms with Crippen LogP contribution in [0.1, 0.15) is 128 Å². The van der Waals surface area contributed by atoms with Crippen LogP contribution in [0.4, 0.5) is 17.3 Å². The van der Waals surface area contributed by atoms with E-state index >= 15 is 0 Å². The maximum Gasteiger partial charge on any atom is 0.673 e. The van der Waals surface area contributed by atoms with E-state index in [1.54, 1.807) is 10.6 Å². The summed E-state index contributed by atoms with van der Waals surface area (Å²) in [5.74, 6) is 2.41. The molecule has 0 atom stereocenters. The Balaban J connectivity index is 0.000000712. The maximum absolute atomic E-state index is 9.75. The van der Waals surface area contributed by atoms with Crippen LogP contribution in [0, 0.1) is 0 Å². The van der Waals surface area contributed by atoms with Crippen molar-refractivity contribution in [2.45, 2.75) is 151 Å². The van der Waals surface area contributed by atoms with E-state index in [9.17, 15) is 17.3 Å². The third kappa shape index (κ3) is 9.94. The van der Waals surface area contributed by atoms with Gasteiger partial charge in [0.2, 0.25) is 0 Å². The molecule has 4 aliphatic rings. The molecule has 4 saturated carbocycles. The lowest BCUT2D eigenvalue weighted by Crippen LogP contribution is -2.28. The lowest BCUT2D eigenvalue weighted by atomic mass is 9.99. The Morgan fingerprint density at radius 2 is 0.682 bits per heavy atom. The molecule has 0 amide bonds. The molecule has 0 spiro atoms. The van der Waals surface area contributed by atoms with Crippen molar-refractivity contribution in [1.82, 2.24) is 0 Å². The molecule has 2 aromatic rings. The lowest BCUT2D eigenvalue weighted by Gasteiger charge is -2.40. The highest BCUT2D eigenvalue weighted by Crippen LogP contribution is 2.58. The molecule has 1 nitrogen and oxygen atoms in total. The van der Waals surface area contributed by atoms with Crippen molar-refractivity contribution in [2.75, 3.05) is 0 Å². The fourth-order valence-electron chi connectivity index (χ4n) is 8.45. The van der Waals surface area contributed by atoms with Gasteiger partial charge in [-0.15, -0.1) is 0 Å².